The van der Waals surface area contributed by atoms with E-state index >= 15 is 0 Å². The SMILES string of the molecule is CC(C)N(CC(=O)Nc1cc(C(C)(C)C)nn1-c1ccc(Cl)c(Cl)c1)C(=O)c1ccc2c(c1)OCO2. The number of aromatic nitrogens is 2. The summed E-state index contributed by atoms with van der Waals surface area (Å²) in [5.74, 6) is 0.911. The van der Waals surface area contributed by atoms with Crippen LogP contribution in [0, 0.1) is 0 Å². The monoisotopic (exact) mass is 530 g/mol. The highest BCUT2D eigenvalue weighted by molar-refractivity contribution is 6.42. The molecule has 2 heterocycles. The molecule has 1 aliphatic rings. The van der Waals surface area contributed by atoms with Crippen molar-refractivity contribution in [1.29, 1.82) is 0 Å². The van der Waals surface area contributed by atoms with Crippen molar-refractivity contribution in [3.63, 3.8) is 0 Å². The maximum atomic E-state index is 13.3. The van der Waals surface area contributed by atoms with Crippen LogP contribution in [-0.4, -0.2) is 45.9 Å². The van der Waals surface area contributed by atoms with Crippen molar-refractivity contribution in [3.8, 4) is 17.2 Å². The fourth-order valence-electron chi connectivity index (χ4n) is 3.67. The smallest absolute Gasteiger partial charge is 0.254 e. The van der Waals surface area contributed by atoms with Gasteiger partial charge in [-0.05, 0) is 50.2 Å². The van der Waals surface area contributed by atoms with E-state index in [1.165, 1.54) is 4.90 Å². The average Bonchev–Trinajstić information content (AvgIpc) is 3.45. The molecule has 190 valence electrons. The van der Waals surface area contributed by atoms with Crippen LogP contribution >= 0.6 is 23.2 Å². The van der Waals surface area contributed by atoms with Gasteiger partial charge in [0.15, 0.2) is 11.5 Å². The van der Waals surface area contributed by atoms with Crippen LogP contribution in [0.2, 0.25) is 10.0 Å². The van der Waals surface area contributed by atoms with Crippen LogP contribution < -0.4 is 14.8 Å². The molecule has 2 amide bonds. The molecule has 1 aromatic heterocycles. The largest absolute Gasteiger partial charge is 0.454 e. The van der Waals surface area contributed by atoms with Gasteiger partial charge in [0.05, 0.1) is 21.4 Å². The van der Waals surface area contributed by atoms with E-state index in [0.717, 1.165) is 5.69 Å². The number of hydrogen-bond donors (Lipinski definition) is 1. The molecule has 3 aromatic rings. The lowest BCUT2D eigenvalue weighted by molar-refractivity contribution is -0.117. The Morgan fingerprint density at radius 2 is 1.78 bits per heavy atom. The lowest BCUT2D eigenvalue weighted by Gasteiger charge is -2.26. The molecular formula is C26H28Cl2N4O4. The molecule has 4 rings (SSSR count). The summed E-state index contributed by atoms with van der Waals surface area (Å²) >= 11 is 12.3. The van der Waals surface area contributed by atoms with Gasteiger partial charge in [-0.15, -0.1) is 0 Å². The van der Waals surface area contributed by atoms with Gasteiger partial charge in [-0.3, -0.25) is 9.59 Å². The maximum absolute atomic E-state index is 13.3. The summed E-state index contributed by atoms with van der Waals surface area (Å²) in [6.45, 7) is 9.78. The zero-order valence-electron chi connectivity index (χ0n) is 20.8. The number of fused-ring (bicyclic) bond motifs is 1. The van der Waals surface area contributed by atoms with E-state index in [2.05, 4.69) is 5.32 Å². The summed E-state index contributed by atoms with van der Waals surface area (Å²) in [5.41, 5.74) is 1.57. The lowest BCUT2D eigenvalue weighted by Crippen LogP contribution is -2.42. The minimum atomic E-state index is -0.362. The molecule has 2 aromatic carbocycles. The van der Waals surface area contributed by atoms with E-state index in [4.69, 9.17) is 37.8 Å². The molecule has 0 saturated heterocycles. The van der Waals surface area contributed by atoms with Crippen molar-refractivity contribution in [2.24, 2.45) is 0 Å². The molecule has 36 heavy (non-hydrogen) atoms. The first-order chi connectivity index (χ1) is 16.9. The van der Waals surface area contributed by atoms with Crippen molar-refractivity contribution in [2.45, 2.75) is 46.1 Å². The molecule has 0 saturated carbocycles. The Balaban J connectivity index is 1.58. The minimum absolute atomic E-state index is 0.117. The second-order valence-corrected chi connectivity index (χ2v) is 10.6. The number of amides is 2. The standard InChI is InChI=1S/C26H28Cl2N4O4/c1-15(2)31(25(34)16-6-9-20-21(10-16)36-14-35-20)13-24(33)29-23-12-22(26(3,4)5)30-32(23)17-7-8-18(27)19(28)11-17/h6-12,15H,13-14H2,1-5H3,(H,29,33). The topological polar surface area (TPSA) is 85.7 Å². The third-order valence-corrected chi connectivity index (χ3v) is 6.45. The summed E-state index contributed by atoms with van der Waals surface area (Å²) in [4.78, 5) is 27.9. The normalized spacial score (nSPS) is 12.7. The second-order valence-electron chi connectivity index (χ2n) is 9.82. The summed E-state index contributed by atoms with van der Waals surface area (Å²) in [5, 5.41) is 8.41. The van der Waals surface area contributed by atoms with Gasteiger partial charge in [0.1, 0.15) is 12.4 Å². The summed E-state index contributed by atoms with van der Waals surface area (Å²) in [6.07, 6.45) is 0. The Morgan fingerprint density at radius 1 is 1.06 bits per heavy atom. The molecule has 0 radical (unpaired) electrons. The third-order valence-electron chi connectivity index (χ3n) is 5.71. The van der Waals surface area contributed by atoms with Crippen LogP contribution in [0.1, 0.15) is 50.7 Å². The van der Waals surface area contributed by atoms with E-state index in [-0.39, 0.29) is 36.6 Å². The van der Waals surface area contributed by atoms with E-state index in [1.807, 2.05) is 40.7 Å². The number of carbonyl (C=O) groups is 2. The Morgan fingerprint density at radius 3 is 2.44 bits per heavy atom. The van der Waals surface area contributed by atoms with Gasteiger partial charge in [0.25, 0.3) is 5.91 Å². The highest BCUT2D eigenvalue weighted by Gasteiger charge is 2.26. The van der Waals surface area contributed by atoms with Crippen LogP contribution in [0.25, 0.3) is 5.69 Å². The predicted octanol–water partition coefficient (Wildman–Crippen LogP) is 5.69. The molecule has 8 nitrogen and oxygen atoms in total. The third kappa shape index (κ3) is 5.44. The zero-order valence-corrected chi connectivity index (χ0v) is 22.3. The number of ether oxygens (including phenoxy) is 2. The molecule has 1 aliphatic heterocycles. The first-order valence-electron chi connectivity index (χ1n) is 11.5. The van der Waals surface area contributed by atoms with Gasteiger partial charge in [-0.1, -0.05) is 44.0 Å². The van der Waals surface area contributed by atoms with Gasteiger partial charge in [-0.25, -0.2) is 4.68 Å². The van der Waals surface area contributed by atoms with Crippen molar-refractivity contribution in [3.05, 3.63) is 63.8 Å². The minimum Gasteiger partial charge on any atom is -0.454 e. The van der Waals surface area contributed by atoms with Crippen molar-refractivity contribution >= 4 is 40.8 Å². The quantitative estimate of drug-likeness (QED) is 0.442. The number of nitrogens with one attached hydrogen (secondary N) is 1. The maximum Gasteiger partial charge on any atom is 0.254 e. The fraction of sp³-hybridized carbons (Fsp3) is 0.346. The van der Waals surface area contributed by atoms with E-state index < -0.39 is 0 Å². The summed E-state index contributed by atoms with van der Waals surface area (Å²) in [6, 6.07) is 11.7. The molecule has 1 N–H and O–H groups in total. The van der Waals surface area contributed by atoms with Crippen molar-refractivity contribution in [2.75, 3.05) is 18.7 Å². The van der Waals surface area contributed by atoms with Gasteiger partial charge < -0.3 is 19.7 Å². The van der Waals surface area contributed by atoms with E-state index in [9.17, 15) is 9.59 Å². The fourth-order valence-corrected chi connectivity index (χ4v) is 3.96. The molecular weight excluding hydrogens is 503 g/mol. The Labute approximate surface area is 220 Å². The van der Waals surface area contributed by atoms with Gasteiger partial charge in [0, 0.05) is 23.1 Å². The van der Waals surface area contributed by atoms with Gasteiger partial charge in [-0.2, -0.15) is 5.10 Å². The predicted molar refractivity (Wildman–Crippen MR) is 140 cm³/mol. The van der Waals surface area contributed by atoms with Crippen molar-refractivity contribution in [1.82, 2.24) is 14.7 Å². The number of hydrogen-bond acceptors (Lipinski definition) is 5. The molecule has 0 bridgehead atoms. The van der Waals surface area contributed by atoms with Crippen LogP contribution in [0.5, 0.6) is 11.5 Å². The molecule has 0 spiro atoms. The van der Waals surface area contributed by atoms with Crippen LogP contribution in [0.3, 0.4) is 0 Å². The Bertz CT molecular complexity index is 1310. The number of rotatable bonds is 6. The number of carbonyl (C=O) groups excluding carboxylic acids is 2. The molecule has 0 unspecified atom stereocenters. The van der Waals surface area contributed by atoms with Crippen molar-refractivity contribution < 1.29 is 19.1 Å². The number of nitrogens with zero attached hydrogens (tertiary/aromatic N) is 3. The number of halogens is 2. The van der Waals surface area contributed by atoms with Crippen LogP contribution in [0.15, 0.2) is 42.5 Å². The number of anilines is 1. The average molecular weight is 531 g/mol. The molecule has 10 heteroatoms. The first kappa shape index (κ1) is 25.9. The Kier molecular flexibility index (Phi) is 7.20. The number of benzene rings is 2. The highest BCUT2D eigenvalue weighted by atomic mass is 35.5. The zero-order chi connectivity index (χ0) is 26.2. The lowest BCUT2D eigenvalue weighted by atomic mass is 9.92. The van der Waals surface area contributed by atoms with Gasteiger partial charge >= 0.3 is 0 Å². The van der Waals surface area contributed by atoms with Gasteiger partial charge in [0.2, 0.25) is 12.7 Å². The first-order valence-corrected chi connectivity index (χ1v) is 12.3. The second kappa shape index (κ2) is 10.0. The summed E-state index contributed by atoms with van der Waals surface area (Å²) in [7, 11) is 0. The van der Waals surface area contributed by atoms with Crippen LogP contribution in [0.4, 0.5) is 5.82 Å². The molecule has 0 fully saturated rings. The molecule has 0 atom stereocenters. The molecule has 0 aliphatic carbocycles. The van der Waals surface area contributed by atoms with Crippen LogP contribution in [-0.2, 0) is 10.2 Å². The highest BCUT2D eigenvalue weighted by Crippen LogP contribution is 2.33. The summed E-state index contributed by atoms with van der Waals surface area (Å²) < 4.78 is 12.3. The van der Waals surface area contributed by atoms with E-state index in [0.29, 0.717) is 38.6 Å². The Hall–Kier alpha value is -3.23. The van der Waals surface area contributed by atoms with E-state index in [1.54, 1.807) is 41.1 Å².